The third kappa shape index (κ3) is 6.25. The Kier molecular flexibility index (Phi) is 7.84. The summed E-state index contributed by atoms with van der Waals surface area (Å²) in [6, 6.07) is 5.53. The molecule has 1 aromatic heterocycles. The summed E-state index contributed by atoms with van der Waals surface area (Å²) >= 11 is 3.50. The van der Waals surface area contributed by atoms with Gasteiger partial charge in [0.2, 0.25) is 0 Å². The molecule has 2 aromatic rings. The van der Waals surface area contributed by atoms with Crippen molar-refractivity contribution >= 4 is 32.8 Å². The Morgan fingerprint density at radius 1 is 1.16 bits per heavy atom. The highest BCUT2D eigenvalue weighted by Crippen LogP contribution is 2.34. The minimum atomic E-state index is -1.03. The Morgan fingerprint density at radius 2 is 1.81 bits per heavy atom. The standard InChI is InChI=1S/C24H35BrN2O4/c1-8-9-12-31-20-18-13-16(25)10-11-17(18)21(28)26(15-23(2,3)4)19(20)14-27(22(29)30)24(5,6)7/h10-11,13H,8-9,12,14-15H2,1-7H3,(H,29,30). The van der Waals surface area contributed by atoms with E-state index in [-0.39, 0.29) is 17.5 Å². The number of rotatable bonds is 7. The Hall–Kier alpha value is -2.02. The van der Waals surface area contributed by atoms with Crippen molar-refractivity contribution in [3.05, 3.63) is 38.7 Å². The molecular formula is C24H35BrN2O4. The first-order valence-electron chi connectivity index (χ1n) is 10.7. The number of hydrogen-bond donors (Lipinski definition) is 1. The third-order valence-electron chi connectivity index (χ3n) is 5.02. The molecule has 0 spiro atoms. The highest BCUT2D eigenvalue weighted by atomic mass is 79.9. The van der Waals surface area contributed by atoms with Crippen LogP contribution in [0.4, 0.5) is 4.79 Å². The van der Waals surface area contributed by atoms with Gasteiger partial charge in [0, 0.05) is 21.9 Å². The van der Waals surface area contributed by atoms with Crippen molar-refractivity contribution < 1.29 is 14.6 Å². The van der Waals surface area contributed by atoms with Crippen LogP contribution < -0.4 is 10.3 Å². The zero-order chi connectivity index (χ0) is 23.6. The van der Waals surface area contributed by atoms with Crippen molar-refractivity contribution in [1.29, 1.82) is 0 Å². The lowest BCUT2D eigenvalue weighted by atomic mass is 9.96. The molecule has 0 unspecified atom stereocenters. The van der Waals surface area contributed by atoms with E-state index >= 15 is 0 Å². The van der Waals surface area contributed by atoms with Gasteiger partial charge in [0.25, 0.3) is 5.56 Å². The second-order valence-corrected chi connectivity index (χ2v) is 11.1. The second-order valence-electron chi connectivity index (χ2n) is 10.2. The lowest BCUT2D eigenvalue weighted by Crippen LogP contribution is -2.45. The number of carboxylic acid groups (broad SMARTS) is 1. The fourth-order valence-electron chi connectivity index (χ4n) is 3.46. The van der Waals surface area contributed by atoms with Crippen LogP contribution in [0, 0.1) is 5.41 Å². The number of benzene rings is 1. The third-order valence-corrected chi connectivity index (χ3v) is 5.51. The predicted molar refractivity (Wildman–Crippen MR) is 129 cm³/mol. The molecule has 31 heavy (non-hydrogen) atoms. The number of ether oxygens (including phenoxy) is 1. The number of nitrogens with zero attached hydrogens (tertiary/aromatic N) is 2. The first-order valence-corrected chi connectivity index (χ1v) is 11.5. The predicted octanol–water partition coefficient (Wildman–Crippen LogP) is 6.27. The Balaban J connectivity index is 2.87. The Labute approximate surface area is 193 Å². The van der Waals surface area contributed by atoms with Gasteiger partial charge >= 0.3 is 6.09 Å². The molecule has 6 nitrogen and oxygen atoms in total. The number of pyridine rings is 1. The molecule has 1 N–H and O–H groups in total. The molecule has 0 fully saturated rings. The summed E-state index contributed by atoms with van der Waals surface area (Å²) in [7, 11) is 0. The number of unbranched alkanes of at least 4 members (excludes halogenated alkanes) is 1. The molecule has 0 aliphatic carbocycles. The van der Waals surface area contributed by atoms with Crippen molar-refractivity contribution in [2.45, 2.75) is 79.9 Å². The summed E-state index contributed by atoms with van der Waals surface area (Å²) in [5.74, 6) is 0.587. The summed E-state index contributed by atoms with van der Waals surface area (Å²) in [6.07, 6.45) is 0.813. The maximum atomic E-state index is 13.5. The van der Waals surface area contributed by atoms with Gasteiger partial charge in [-0.05, 0) is 50.8 Å². The Bertz CT molecular complexity index is 1000. The van der Waals surface area contributed by atoms with E-state index in [1.54, 1.807) is 10.6 Å². The summed E-state index contributed by atoms with van der Waals surface area (Å²) < 4.78 is 8.79. The number of carbonyl (C=O) groups is 1. The van der Waals surface area contributed by atoms with E-state index in [0.717, 1.165) is 17.3 Å². The van der Waals surface area contributed by atoms with Crippen molar-refractivity contribution in [3.8, 4) is 5.75 Å². The smallest absolute Gasteiger partial charge is 0.408 e. The summed E-state index contributed by atoms with van der Waals surface area (Å²) in [4.78, 5) is 27.0. The lowest BCUT2D eigenvalue weighted by molar-refractivity contribution is 0.0924. The zero-order valence-electron chi connectivity index (χ0n) is 19.7. The van der Waals surface area contributed by atoms with E-state index in [0.29, 0.717) is 35.4 Å². The number of halogens is 1. The molecule has 1 heterocycles. The molecule has 0 saturated carbocycles. The fourth-order valence-corrected chi connectivity index (χ4v) is 3.82. The molecule has 0 radical (unpaired) electrons. The van der Waals surface area contributed by atoms with Crippen molar-refractivity contribution in [2.24, 2.45) is 5.41 Å². The van der Waals surface area contributed by atoms with Crippen LogP contribution >= 0.6 is 15.9 Å². The average molecular weight is 495 g/mol. The van der Waals surface area contributed by atoms with Gasteiger partial charge in [-0.1, -0.05) is 50.0 Å². The minimum absolute atomic E-state index is 0.0636. The van der Waals surface area contributed by atoms with Crippen LogP contribution in [0.3, 0.4) is 0 Å². The van der Waals surface area contributed by atoms with E-state index in [9.17, 15) is 14.7 Å². The molecule has 0 aliphatic rings. The molecule has 1 amide bonds. The SMILES string of the molecule is CCCCOc1c(CN(C(=O)O)C(C)(C)C)n(CC(C)(C)C)c(=O)c2ccc(Br)cc12. The lowest BCUT2D eigenvalue weighted by Gasteiger charge is -2.35. The first-order chi connectivity index (χ1) is 14.3. The van der Waals surface area contributed by atoms with Crippen LogP contribution in [0.25, 0.3) is 10.8 Å². The molecule has 0 saturated heterocycles. The van der Waals surface area contributed by atoms with E-state index < -0.39 is 11.6 Å². The maximum absolute atomic E-state index is 13.5. The molecular weight excluding hydrogens is 460 g/mol. The van der Waals surface area contributed by atoms with E-state index in [2.05, 4.69) is 43.6 Å². The molecule has 0 aliphatic heterocycles. The van der Waals surface area contributed by atoms with E-state index in [1.807, 2.05) is 32.9 Å². The van der Waals surface area contributed by atoms with E-state index in [4.69, 9.17) is 4.74 Å². The number of aromatic nitrogens is 1. The van der Waals surface area contributed by atoms with Gasteiger partial charge in [0.05, 0.1) is 24.2 Å². The van der Waals surface area contributed by atoms with E-state index in [1.165, 1.54) is 4.90 Å². The molecule has 2 rings (SSSR count). The van der Waals surface area contributed by atoms with Gasteiger partial charge in [0.15, 0.2) is 0 Å². The zero-order valence-corrected chi connectivity index (χ0v) is 21.3. The van der Waals surface area contributed by atoms with Gasteiger partial charge in [-0.25, -0.2) is 4.79 Å². The van der Waals surface area contributed by atoms with Crippen LogP contribution in [0.5, 0.6) is 5.75 Å². The monoisotopic (exact) mass is 494 g/mol. The van der Waals surface area contributed by atoms with Gasteiger partial charge in [-0.3, -0.25) is 9.69 Å². The van der Waals surface area contributed by atoms with Crippen molar-refractivity contribution in [2.75, 3.05) is 6.61 Å². The Morgan fingerprint density at radius 3 is 2.32 bits per heavy atom. The van der Waals surface area contributed by atoms with Crippen LogP contribution in [0.2, 0.25) is 0 Å². The van der Waals surface area contributed by atoms with Gasteiger partial charge < -0.3 is 14.4 Å². The molecule has 0 atom stereocenters. The second kappa shape index (κ2) is 9.63. The maximum Gasteiger partial charge on any atom is 0.408 e. The molecule has 1 aromatic carbocycles. The molecule has 172 valence electrons. The van der Waals surface area contributed by atoms with Crippen LogP contribution in [0.15, 0.2) is 27.5 Å². The quantitative estimate of drug-likeness (QED) is 0.460. The van der Waals surface area contributed by atoms with Gasteiger partial charge in [-0.2, -0.15) is 0 Å². The summed E-state index contributed by atoms with van der Waals surface area (Å²) in [5.41, 5.74) is -0.354. The average Bonchev–Trinajstić information content (AvgIpc) is 2.62. The normalized spacial score (nSPS) is 12.3. The highest BCUT2D eigenvalue weighted by Gasteiger charge is 2.30. The molecule has 7 heteroatoms. The van der Waals surface area contributed by atoms with Crippen LogP contribution in [-0.4, -0.2) is 32.8 Å². The fraction of sp³-hybridized carbons (Fsp3) is 0.583. The van der Waals surface area contributed by atoms with Crippen molar-refractivity contribution in [3.63, 3.8) is 0 Å². The first kappa shape index (κ1) is 25.2. The minimum Gasteiger partial charge on any atom is -0.491 e. The topological polar surface area (TPSA) is 71.8 Å². The van der Waals surface area contributed by atoms with Gasteiger partial charge in [-0.15, -0.1) is 0 Å². The van der Waals surface area contributed by atoms with Crippen molar-refractivity contribution in [1.82, 2.24) is 9.47 Å². The number of hydrogen-bond acceptors (Lipinski definition) is 3. The van der Waals surface area contributed by atoms with Gasteiger partial charge in [0.1, 0.15) is 5.75 Å². The number of amides is 1. The number of fused-ring (bicyclic) bond motifs is 1. The van der Waals surface area contributed by atoms with Crippen LogP contribution in [0.1, 0.15) is 67.0 Å². The molecule has 0 bridgehead atoms. The van der Waals surface area contributed by atoms with Crippen LogP contribution in [-0.2, 0) is 13.1 Å². The highest BCUT2D eigenvalue weighted by molar-refractivity contribution is 9.10. The summed E-state index contributed by atoms with van der Waals surface area (Å²) in [6.45, 7) is 14.8. The largest absolute Gasteiger partial charge is 0.491 e. The summed E-state index contributed by atoms with van der Waals surface area (Å²) in [5, 5.41) is 11.2.